The van der Waals surface area contributed by atoms with E-state index in [1.54, 1.807) is 0 Å². The molecule has 0 radical (unpaired) electrons. The van der Waals surface area contributed by atoms with Crippen LogP contribution in [0.25, 0.3) is 0 Å². The highest BCUT2D eigenvalue weighted by molar-refractivity contribution is 7.89. The van der Waals surface area contributed by atoms with Crippen molar-refractivity contribution in [2.75, 3.05) is 5.32 Å². The third kappa shape index (κ3) is 4.10. The smallest absolute Gasteiger partial charge is 0.238 e. The quantitative estimate of drug-likeness (QED) is 0.804. The molecule has 0 bridgehead atoms. The lowest BCUT2D eigenvalue weighted by molar-refractivity contribution is -0.124. The van der Waals surface area contributed by atoms with Gasteiger partial charge in [-0.3, -0.25) is 9.59 Å². The lowest BCUT2D eigenvalue weighted by Crippen LogP contribution is -2.16. The van der Waals surface area contributed by atoms with Crippen LogP contribution in [0.3, 0.4) is 0 Å². The molecule has 0 saturated heterocycles. The minimum atomic E-state index is -3.88. The summed E-state index contributed by atoms with van der Waals surface area (Å²) >= 11 is 5.79. The zero-order chi connectivity index (χ0) is 13.9. The summed E-state index contributed by atoms with van der Waals surface area (Å²) in [5.41, 5.74) is 0.0921. The van der Waals surface area contributed by atoms with E-state index in [-0.39, 0.29) is 27.8 Å². The second kappa shape index (κ2) is 5.47. The number of nitrogens with two attached hydrogens (primary N) is 1. The second-order valence-electron chi connectivity index (χ2n) is 3.61. The van der Waals surface area contributed by atoms with Crippen LogP contribution in [0.1, 0.15) is 13.3 Å². The topological polar surface area (TPSA) is 106 Å². The predicted octanol–water partition coefficient (Wildman–Crippen LogP) is 0.905. The predicted molar refractivity (Wildman–Crippen MR) is 66.8 cm³/mol. The number of nitrogens with one attached hydrogen (secondary N) is 1. The fraction of sp³-hybridized carbons (Fsp3) is 0.200. The van der Waals surface area contributed by atoms with E-state index in [9.17, 15) is 18.0 Å². The maximum Gasteiger partial charge on any atom is 0.238 e. The second-order valence-corrected chi connectivity index (χ2v) is 5.58. The van der Waals surface area contributed by atoms with Crippen molar-refractivity contribution in [2.45, 2.75) is 18.2 Å². The van der Waals surface area contributed by atoms with E-state index in [4.69, 9.17) is 16.7 Å². The van der Waals surface area contributed by atoms with Crippen molar-refractivity contribution >= 4 is 39.0 Å². The van der Waals surface area contributed by atoms with Crippen molar-refractivity contribution in [1.82, 2.24) is 0 Å². The first-order chi connectivity index (χ1) is 8.20. The number of sulfonamides is 1. The van der Waals surface area contributed by atoms with E-state index in [1.165, 1.54) is 19.1 Å². The molecule has 0 unspecified atom stereocenters. The molecule has 6 nitrogen and oxygen atoms in total. The number of ketones is 1. The maximum absolute atomic E-state index is 11.4. The Morgan fingerprint density at radius 2 is 2.00 bits per heavy atom. The van der Waals surface area contributed by atoms with Gasteiger partial charge in [-0.05, 0) is 25.1 Å². The Morgan fingerprint density at radius 3 is 2.50 bits per heavy atom. The first-order valence-electron chi connectivity index (χ1n) is 4.82. The lowest BCUT2D eigenvalue weighted by atomic mass is 10.2. The number of halogens is 1. The zero-order valence-electron chi connectivity index (χ0n) is 9.44. The molecular formula is C10H11ClN2O4S. The lowest BCUT2D eigenvalue weighted by Gasteiger charge is -2.08. The summed E-state index contributed by atoms with van der Waals surface area (Å²) in [4.78, 5) is 21.9. The van der Waals surface area contributed by atoms with Gasteiger partial charge in [0.15, 0.2) is 0 Å². The number of hydrogen-bond acceptors (Lipinski definition) is 4. The van der Waals surface area contributed by atoms with Gasteiger partial charge in [0.1, 0.15) is 5.78 Å². The summed E-state index contributed by atoms with van der Waals surface area (Å²) in [5.74, 6) is -0.887. The Bertz CT molecular complexity index is 598. The van der Waals surface area contributed by atoms with Crippen LogP contribution in [0.5, 0.6) is 0 Å². The zero-order valence-corrected chi connectivity index (χ0v) is 11.0. The molecule has 1 aromatic carbocycles. The highest BCUT2D eigenvalue weighted by Gasteiger charge is 2.13. The van der Waals surface area contributed by atoms with Crippen molar-refractivity contribution < 1.29 is 18.0 Å². The Morgan fingerprint density at radius 1 is 1.39 bits per heavy atom. The van der Waals surface area contributed by atoms with Gasteiger partial charge >= 0.3 is 0 Å². The van der Waals surface area contributed by atoms with Crippen LogP contribution in [-0.4, -0.2) is 20.1 Å². The first kappa shape index (κ1) is 14.6. The third-order valence-corrected chi connectivity index (χ3v) is 3.19. The minimum Gasteiger partial charge on any atom is -0.324 e. The monoisotopic (exact) mass is 290 g/mol. The standard InChI is InChI=1S/C10H11ClN2O4S/c1-6(14)4-10(15)13-9-5-7(18(12,16)17)2-3-8(9)11/h2-3,5H,4H2,1H3,(H,13,15)(H2,12,16,17). The average molecular weight is 291 g/mol. The van der Waals surface area contributed by atoms with Crippen LogP contribution in [0.4, 0.5) is 5.69 Å². The van der Waals surface area contributed by atoms with Crippen LogP contribution in [0.15, 0.2) is 23.1 Å². The number of anilines is 1. The highest BCUT2D eigenvalue weighted by Crippen LogP contribution is 2.24. The number of Topliss-reactive ketones (excluding diaryl/α,β-unsaturated/α-hetero) is 1. The van der Waals surface area contributed by atoms with E-state index in [1.807, 2.05) is 0 Å². The van der Waals surface area contributed by atoms with Gasteiger partial charge < -0.3 is 5.32 Å². The summed E-state index contributed by atoms with van der Waals surface area (Å²) in [7, 11) is -3.88. The molecule has 98 valence electrons. The molecule has 8 heteroatoms. The van der Waals surface area contributed by atoms with Gasteiger partial charge in [0, 0.05) is 0 Å². The average Bonchev–Trinajstić information content (AvgIpc) is 2.18. The molecule has 1 amide bonds. The molecule has 0 aliphatic rings. The Kier molecular flexibility index (Phi) is 4.44. The van der Waals surface area contributed by atoms with Crippen LogP contribution in [0.2, 0.25) is 5.02 Å². The molecule has 18 heavy (non-hydrogen) atoms. The van der Waals surface area contributed by atoms with Crippen molar-refractivity contribution in [3.63, 3.8) is 0 Å². The molecule has 0 aliphatic heterocycles. The van der Waals surface area contributed by atoms with Crippen molar-refractivity contribution in [3.05, 3.63) is 23.2 Å². The largest absolute Gasteiger partial charge is 0.324 e. The van der Waals surface area contributed by atoms with E-state index in [0.29, 0.717) is 0 Å². The molecule has 3 N–H and O–H groups in total. The molecule has 0 atom stereocenters. The number of benzene rings is 1. The normalized spacial score (nSPS) is 11.1. The van der Waals surface area contributed by atoms with Gasteiger partial charge in [0.05, 0.1) is 22.0 Å². The van der Waals surface area contributed by atoms with Gasteiger partial charge in [0.2, 0.25) is 15.9 Å². The van der Waals surface area contributed by atoms with Gasteiger partial charge in [-0.25, -0.2) is 13.6 Å². The van der Waals surface area contributed by atoms with Crippen molar-refractivity contribution in [3.8, 4) is 0 Å². The summed E-state index contributed by atoms with van der Waals surface area (Å²) in [5, 5.41) is 7.44. The molecular weight excluding hydrogens is 280 g/mol. The van der Waals surface area contributed by atoms with Gasteiger partial charge in [-0.1, -0.05) is 11.6 Å². The number of primary sulfonamides is 1. The van der Waals surface area contributed by atoms with Crippen molar-refractivity contribution in [2.24, 2.45) is 5.14 Å². The maximum atomic E-state index is 11.4. The summed E-state index contributed by atoms with van der Waals surface area (Å²) < 4.78 is 22.3. The molecule has 0 aliphatic carbocycles. The summed E-state index contributed by atoms with van der Waals surface area (Å²) in [6.45, 7) is 1.27. The number of carbonyl (C=O) groups is 2. The van der Waals surface area contributed by atoms with E-state index in [0.717, 1.165) is 6.07 Å². The molecule has 0 heterocycles. The molecule has 0 fully saturated rings. The minimum absolute atomic E-state index is 0.0921. The highest BCUT2D eigenvalue weighted by atomic mass is 35.5. The fourth-order valence-electron chi connectivity index (χ4n) is 1.20. The fourth-order valence-corrected chi connectivity index (χ4v) is 1.90. The number of carbonyl (C=O) groups excluding carboxylic acids is 2. The van der Waals surface area contributed by atoms with Gasteiger partial charge in [-0.15, -0.1) is 0 Å². The molecule has 1 rings (SSSR count). The van der Waals surface area contributed by atoms with Crippen LogP contribution in [0, 0.1) is 0 Å². The molecule has 0 saturated carbocycles. The summed E-state index contributed by atoms with van der Waals surface area (Å²) in [6.07, 6.45) is -0.310. The molecule has 0 aromatic heterocycles. The van der Waals surface area contributed by atoms with E-state index >= 15 is 0 Å². The van der Waals surface area contributed by atoms with E-state index < -0.39 is 15.9 Å². The third-order valence-electron chi connectivity index (χ3n) is 1.95. The SMILES string of the molecule is CC(=O)CC(=O)Nc1cc(S(N)(=O)=O)ccc1Cl. The number of rotatable bonds is 4. The van der Waals surface area contributed by atoms with Crippen molar-refractivity contribution in [1.29, 1.82) is 0 Å². The van der Waals surface area contributed by atoms with E-state index in [2.05, 4.69) is 5.32 Å². The molecule has 0 spiro atoms. The van der Waals surface area contributed by atoms with Gasteiger partial charge in [0.25, 0.3) is 0 Å². The van der Waals surface area contributed by atoms with Gasteiger partial charge in [-0.2, -0.15) is 0 Å². The van der Waals surface area contributed by atoms with Crippen LogP contribution >= 0.6 is 11.6 Å². The number of hydrogen-bond donors (Lipinski definition) is 2. The Hall–Kier alpha value is -1.44. The first-order valence-corrected chi connectivity index (χ1v) is 6.74. The number of amides is 1. The Balaban J connectivity index is 3.02. The molecule has 1 aromatic rings. The Labute approximate surface area is 109 Å². The van der Waals surface area contributed by atoms with Crippen LogP contribution in [-0.2, 0) is 19.6 Å². The van der Waals surface area contributed by atoms with Crippen LogP contribution < -0.4 is 10.5 Å². The summed E-state index contributed by atoms with van der Waals surface area (Å²) in [6, 6.07) is 3.65.